The Kier molecular flexibility index (Phi) is 4.28. The van der Waals surface area contributed by atoms with Crippen LogP contribution in [0.25, 0.3) is 0 Å². The molecule has 0 aromatic heterocycles. The molecule has 0 bridgehead atoms. The highest BCUT2D eigenvalue weighted by molar-refractivity contribution is 5.85. The van der Waals surface area contributed by atoms with Crippen molar-refractivity contribution in [3.63, 3.8) is 0 Å². The Hall–Kier alpha value is -1.06. The van der Waals surface area contributed by atoms with Crippen LogP contribution in [0.4, 0.5) is 0 Å². The molecule has 0 heterocycles. The van der Waals surface area contributed by atoms with Gasteiger partial charge in [-0.25, -0.2) is 0 Å². The molecule has 10 heavy (non-hydrogen) atoms. The summed E-state index contributed by atoms with van der Waals surface area (Å²) in [5.41, 5.74) is 5.35. The summed E-state index contributed by atoms with van der Waals surface area (Å²) in [4.78, 5) is 14.3. The zero-order valence-electron chi connectivity index (χ0n) is 6.35. The Labute approximate surface area is 60.5 Å². The van der Waals surface area contributed by atoms with Gasteiger partial charge in [0.15, 0.2) is 0 Å². The van der Waals surface area contributed by atoms with E-state index in [0.29, 0.717) is 18.7 Å². The Balaban J connectivity index is 3.45. The van der Waals surface area contributed by atoms with E-state index in [0.717, 1.165) is 0 Å². The van der Waals surface area contributed by atoms with Crippen molar-refractivity contribution >= 4 is 11.7 Å². The summed E-state index contributed by atoms with van der Waals surface area (Å²) in [6, 6.07) is 0. The lowest BCUT2D eigenvalue weighted by molar-refractivity contribution is -0.120. The molecular weight excluding hydrogens is 130 g/mol. The first-order valence-corrected chi connectivity index (χ1v) is 3.12. The average molecular weight is 143 g/mol. The molecule has 0 aliphatic rings. The fraction of sp³-hybridized carbons (Fsp3) is 0.667. The summed E-state index contributed by atoms with van der Waals surface area (Å²) < 4.78 is 0. The zero-order valence-corrected chi connectivity index (χ0v) is 6.35. The molecule has 3 N–H and O–H groups in total. The Morgan fingerprint density at radius 1 is 1.60 bits per heavy atom. The quantitative estimate of drug-likeness (QED) is 0.413. The molecule has 0 saturated heterocycles. The monoisotopic (exact) mass is 143 g/mol. The summed E-state index contributed by atoms with van der Waals surface area (Å²) in [5.74, 6) is 0.509. The molecule has 0 atom stereocenters. The normalized spacial score (nSPS) is 11.2. The Bertz CT molecular complexity index is 142. The second kappa shape index (κ2) is 4.78. The van der Waals surface area contributed by atoms with Crippen molar-refractivity contribution in [2.45, 2.75) is 12.8 Å². The second-order valence-electron chi connectivity index (χ2n) is 1.89. The van der Waals surface area contributed by atoms with Crippen molar-refractivity contribution in [3.05, 3.63) is 0 Å². The summed E-state index contributed by atoms with van der Waals surface area (Å²) >= 11 is 0. The Morgan fingerprint density at radius 2 is 2.20 bits per heavy atom. The number of hydrogen-bond donors (Lipinski definition) is 2. The maximum absolute atomic E-state index is 10.6. The van der Waals surface area contributed by atoms with E-state index in [1.165, 1.54) is 0 Å². The zero-order chi connectivity index (χ0) is 7.98. The van der Waals surface area contributed by atoms with Crippen LogP contribution in [0.5, 0.6) is 0 Å². The van der Waals surface area contributed by atoms with Crippen LogP contribution in [0.15, 0.2) is 4.99 Å². The maximum atomic E-state index is 10.6. The van der Waals surface area contributed by atoms with Gasteiger partial charge in [-0.2, -0.15) is 0 Å². The van der Waals surface area contributed by atoms with Gasteiger partial charge >= 0.3 is 0 Å². The minimum atomic E-state index is -0.00778. The van der Waals surface area contributed by atoms with Crippen molar-refractivity contribution < 1.29 is 4.79 Å². The molecule has 1 amide bonds. The van der Waals surface area contributed by atoms with Crippen LogP contribution in [0.3, 0.4) is 0 Å². The molecule has 4 nitrogen and oxygen atoms in total. The highest BCUT2D eigenvalue weighted by Crippen LogP contribution is 1.87. The van der Waals surface area contributed by atoms with Gasteiger partial charge in [-0.3, -0.25) is 9.79 Å². The number of nitrogens with two attached hydrogens (primary N) is 1. The molecule has 0 aromatic rings. The van der Waals surface area contributed by atoms with Crippen LogP contribution >= 0.6 is 0 Å². The van der Waals surface area contributed by atoms with Gasteiger partial charge in [0.2, 0.25) is 5.91 Å². The number of carbonyl (C=O) groups excluding carboxylic acids is 1. The van der Waals surface area contributed by atoms with Crippen molar-refractivity contribution in [2.24, 2.45) is 10.7 Å². The molecule has 0 saturated carbocycles. The van der Waals surface area contributed by atoms with E-state index in [4.69, 9.17) is 5.73 Å². The number of amidine groups is 1. The van der Waals surface area contributed by atoms with E-state index < -0.39 is 0 Å². The number of carbonyl (C=O) groups is 1. The van der Waals surface area contributed by atoms with E-state index in [1.54, 1.807) is 14.1 Å². The minimum Gasteiger partial charge on any atom is -0.387 e. The molecule has 0 aromatic carbocycles. The summed E-state index contributed by atoms with van der Waals surface area (Å²) in [7, 11) is 3.21. The SMILES string of the molecule is CN=C(N)CCC(=O)NC. The van der Waals surface area contributed by atoms with E-state index in [2.05, 4.69) is 10.3 Å². The summed E-state index contributed by atoms with van der Waals surface area (Å²) in [6.07, 6.45) is 0.954. The summed E-state index contributed by atoms with van der Waals surface area (Å²) in [6.45, 7) is 0. The standard InChI is InChI=1S/C6H13N3O/c1-8-5(7)3-4-6(10)9-2/h3-4H2,1-2H3,(H2,7,8)(H,9,10). The average Bonchev–Trinajstić information content (AvgIpc) is 1.99. The third-order valence-corrected chi connectivity index (χ3v) is 1.17. The fourth-order valence-corrected chi connectivity index (χ4v) is 0.478. The van der Waals surface area contributed by atoms with Crippen molar-refractivity contribution in [3.8, 4) is 0 Å². The van der Waals surface area contributed by atoms with Gasteiger partial charge in [-0.1, -0.05) is 0 Å². The smallest absolute Gasteiger partial charge is 0.220 e. The number of nitrogens with zero attached hydrogens (tertiary/aromatic N) is 1. The van der Waals surface area contributed by atoms with Gasteiger partial charge in [0.25, 0.3) is 0 Å². The van der Waals surface area contributed by atoms with Crippen LogP contribution in [0.2, 0.25) is 0 Å². The lowest BCUT2D eigenvalue weighted by atomic mass is 10.3. The highest BCUT2D eigenvalue weighted by atomic mass is 16.1. The number of aliphatic imine (C=N–C) groups is 1. The minimum absolute atomic E-state index is 0.00778. The van der Waals surface area contributed by atoms with Crippen LogP contribution in [-0.2, 0) is 4.79 Å². The predicted molar refractivity (Wildman–Crippen MR) is 40.8 cm³/mol. The molecule has 0 spiro atoms. The van der Waals surface area contributed by atoms with E-state index in [9.17, 15) is 4.79 Å². The lowest BCUT2D eigenvalue weighted by Gasteiger charge is -1.97. The summed E-state index contributed by atoms with van der Waals surface area (Å²) in [5, 5.41) is 2.49. The highest BCUT2D eigenvalue weighted by Gasteiger charge is 1.97. The first-order valence-electron chi connectivity index (χ1n) is 3.12. The van der Waals surface area contributed by atoms with Gasteiger partial charge < -0.3 is 11.1 Å². The third kappa shape index (κ3) is 3.88. The topological polar surface area (TPSA) is 67.5 Å². The molecule has 0 aliphatic carbocycles. The molecule has 4 heteroatoms. The molecule has 0 rings (SSSR count). The molecule has 0 unspecified atom stereocenters. The van der Waals surface area contributed by atoms with Crippen LogP contribution in [0.1, 0.15) is 12.8 Å². The van der Waals surface area contributed by atoms with E-state index in [-0.39, 0.29) is 5.91 Å². The maximum Gasteiger partial charge on any atom is 0.220 e. The van der Waals surface area contributed by atoms with Crippen LogP contribution in [0, 0.1) is 0 Å². The van der Waals surface area contributed by atoms with Gasteiger partial charge in [0, 0.05) is 26.9 Å². The number of nitrogens with one attached hydrogen (secondary N) is 1. The molecule has 0 fully saturated rings. The first-order chi connectivity index (χ1) is 4.70. The molecule has 58 valence electrons. The molecular formula is C6H13N3O. The first kappa shape index (κ1) is 8.94. The van der Waals surface area contributed by atoms with Crippen molar-refractivity contribution in [1.29, 1.82) is 0 Å². The molecule has 0 radical (unpaired) electrons. The van der Waals surface area contributed by atoms with Crippen LogP contribution < -0.4 is 11.1 Å². The number of amides is 1. The van der Waals surface area contributed by atoms with Gasteiger partial charge in [0.1, 0.15) is 0 Å². The third-order valence-electron chi connectivity index (χ3n) is 1.17. The van der Waals surface area contributed by atoms with Crippen molar-refractivity contribution in [1.82, 2.24) is 5.32 Å². The molecule has 0 aliphatic heterocycles. The predicted octanol–water partition coefficient (Wildman–Crippen LogP) is -0.500. The van der Waals surface area contributed by atoms with Crippen LogP contribution in [-0.4, -0.2) is 25.8 Å². The van der Waals surface area contributed by atoms with Gasteiger partial charge in [-0.05, 0) is 0 Å². The second-order valence-corrected chi connectivity index (χ2v) is 1.89. The van der Waals surface area contributed by atoms with E-state index in [1.807, 2.05) is 0 Å². The van der Waals surface area contributed by atoms with Gasteiger partial charge in [-0.15, -0.1) is 0 Å². The fourth-order valence-electron chi connectivity index (χ4n) is 0.478. The Morgan fingerprint density at radius 3 is 2.60 bits per heavy atom. The number of rotatable bonds is 3. The van der Waals surface area contributed by atoms with Crippen molar-refractivity contribution in [2.75, 3.05) is 14.1 Å². The lowest BCUT2D eigenvalue weighted by Crippen LogP contribution is -2.21. The number of hydrogen-bond acceptors (Lipinski definition) is 2. The van der Waals surface area contributed by atoms with Gasteiger partial charge in [0.05, 0.1) is 5.84 Å². The largest absolute Gasteiger partial charge is 0.387 e. The van der Waals surface area contributed by atoms with E-state index >= 15 is 0 Å².